The summed E-state index contributed by atoms with van der Waals surface area (Å²) < 4.78 is 0. The molecule has 0 aromatic heterocycles. The SMILES string of the molecule is CCC(=O)NC(=S)Nc1cc(Cl)c([N+](=O)[O-])cc1C. The van der Waals surface area contributed by atoms with Crippen molar-refractivity contribution in [3.05, 3.63) is 32.8 Å². The molecule has 0 unspecified atom stereocenters. The Kier molecular flexibility index (Phi) is 5.20. The first-order valence-electron chi connectivity index (χ1n) is 5.40. The van der Waals surface area contributed by atoms with Gasteiger partial charge in [0.2, 0.25) is 5.91 Å². The minimum absolute atomic E-state index is 0.00252. The van der Waals surface area contributed by atoms with Gasteiger partial charge in [-0.05, 0) is 30.8 Å². The van der Waals surface area contributed by atoms with Crippen LogP contribution in [0.3, 0.4) is 0 Å². The average molecular weight is 302 g/mol. The second kappa shape index (κ2) is 6.44. The van der Waals surface area contributed by atoms with Gasteiger partial charge in [0.25, 0.3) is 5.69 Å². The molecule has 0 heterocycles. The molecule has 0 bridgehead atoms. The molecule has 0 atom stereocenters. The highest BCUT2D eigenvalue weighted by atomic mass is 35.5. The van der Waals surface area contributed by atoms with Crippen molar-refractivity contribution in [3.63, 3.8) is 0 Å². The molecule has 0 radical (unpaired) electrons. The molecule has 0 aliphatic carbocycles. The van der Waals surface area contributed by atoms with Gasteiger partial charge in [0.05, 0.1) is 4.92 Å². The first-order chi connectivity index (χ1) is 8.85. The van der Waals surface area contributed by atoms with Crippen molar-refractivity contribution < 1.29 is 9.72 Å². The third-order valence-electron chi connectivity index (χ3n) is 2.31. The number of nitrogens with zero attached hydrogens (tertiary/aromatic N) is 1. The molecule has 1 amide bonds. The Morgan fingerprint density at radius 3 is 2.68 bits per heavy atom. The van der Waals surface area contributed by atoms with E-state index in [1.54, 1.807) is 13.8 Å². The van der Waals surface area contributed by atoms with Crippen LogP contribution in [0.25, 0.3) is 0 Å². The Morgan fingerprint density at radius 1 is 1.53 bits per heavy atom. The molecule has 0 aliphatic rings. The summed E-state index contributed by atoms with van der Waals surface area (Å²) >= 11 is 10.7. The number of benzene rings is 1. The standard InChI is InChI=1S/C11H12ClN3O3S/c1-3-10(16)14-11(19)13-8-5-7(12)9(15(17)18)4-6(8)2/h4-5H,3H2,1-2H3,(H2,13,14,16,19). The zero-order valence-corrected chi connectivity index (χ0v) is 11.9. The third-order valence-corrected chi connectivity index (χ3v) is 2.82. The number of carbonyl (C=O) groups excluding carboxylic acids is 1. The first kappa shape index (κ1) is 15.3. The van der Waals surface area contributed by atoms with E-state index in [1.807, 2.05) is 0 Å². The van der Waals surface area contributed by atoms with Gasteiger partial charge in [0.1, 0.15) is 5.02 Å². The Morgan fingerprint density at radius 2 is 2.16 bits per heavy atom. The maximum atomic E-state index is 11.2. The number of nitro groups is 1. The maximum Gasteiger partial charge on any atom is 0.288 e. The van der Waals surface area contributed by atoms with Crippen molar-refractivity contribution in [2.45, 2.75) is 20.3 Å². The van der Waals surface area contributed by atoms with Crippen LogP contribution in [0.5, 0.6) is 0 Å². The highest BCUT2D eigenvalue weighted by Gasteiger charge is 2.15. The predicted octanol–water partition coefficient (Wildman–Crippen LogP) is 2.78. The van der Waals surface area contributed by atoms with Crippen molar-refractivity contribution in [1.29, 1.82) is 0 Å². The number of nitrogens with one attached hydrogen (secondary N) is 2. The highest BCUT2D eigenvalue weighted by Crippen LogP contribution is 2.30. The van der Waals surface area contributed by atoms with Gasteiger partial charge in [-0.2, -0.15) is 0 Å². The van der Waals surface area contributed by atoms with Crippen molar-refractivity contribution in [3.8, 4) is 0 Å². The van der Waals surface area contributed by atoms with Gasteiger partial charge < -0.3 is 10.6 Å². The number of rotatable bonds is 3. The molecule has 0 aliphatic heterocycles. The molecule has 0 saturated heterocycles. The summed E-state index contributed by atoms with van der Waals surface area (Å²) in [7, 11) is 0. The molecule has 0 fully saturated rings. The summed E-state index contributed by atoms with van der Waals surface area (Å²) in [5.41, 5.74) is 0.939. The van der Waals surface area contributed by atoms with E-state index < -0.39 is 4.92 Å². The van der Waals surface area contributed by atoms with Crippen LogP contribution in [0.15, 0.2) is 12.1 Å². The van der Waals surface area contributed by atoms with Crippen LogP contribution >= 0.6 is 23.8 Å². The minimum atomic E-state index is -0.559. The predicted molar refractivity (Wildman–Crippen MR) is 77.5 cm³/mol. The van der Waals surface area contributed by atoms with Crippen LogP contribution in [0.2, 0.25) is 5.02 Å². The van der Waals surface area contributed by atoms with Gasteiger partial charge in [-0.3, -0.25) is 14.9 Å². The molecule has 0 saturated carbocycles. The lowest BCUT2D eigenvalue weighted by Crippen LogP contribution is -2.33. The lowest BCUT2D eigenvalue weighted by atomic mass is 10.2. The van der Waals surface area contributed by atoms with Crippen LogP contribution in [-0.2, 0) is 4.79 Å². The number of aryl methyl sites for hydroxylation is 1. The molecule has 2 N–H and O–H groups in total. The lowest BCUT2D eigenvalue weighted by Gasteiger charge is -2.11. The van der Waals surface area contributed by atoms with Crippen LogP contribution < -0.4 is 10.6 Å². The van der Waals surface area contributed by atoms with Crippen LogP contribution in [0, 0.1) is 17.0 Å². The molecular weight excluding hydrogens is 290 g/mol. The molecule has 8 heteroatoms. The monoisotopic (exact) mass is 301 g/mol. The number of anilines is 1. The van der Waals surface area contributed by atoms with Crippen molar-refractivity contribution in [1.82, 2.24) is 5.32 Å². The second-order valence-corrected chi connectivity index (χ2v) is 4.55. The van der Waals surface area contributed by atoms with Crippen molar-refractivity contribution in [2.24, 2.45) is 0 Å². The number of carbonyl (C=O) groups is 1. The zero-order chi connectivity index (χ0) is 14.6. The van der Waals surface area contributed by atoms with E-state index in [-0.39, 0.29) is 21.7 Å². The molecule has 0 spiro atoms. The van der Waals surface area contributed by atoms with E-state index in [9.17, 15) is 14.9 Å². The van der Waals surface area contributed by atoms with Gasteiger partial charge in [0.15, 0.2) is 5.11 Å². The number of amides is 1. The molecule has 6 nitrogen and oxygen atoms in total. The van der Waals surface area contributed by atoms with Gasteiger partial charge in [-0.1, -0.05) is 18.5 Å². The normalized spacial score (nSPS) is 9.84. The second-order valence-electron chi connectivity index (χ2n) is 3.73. The van der Waals surface area contributed by atoms with Gasteiger partial charge in [0, 0.05) is 18.2 Å². The number of thiocarbonyl (C=S) groups is 1. The Balaban J connectivity index is 2.91. The Labute approximate surface area is 120 Å². The number of hydrogen-bond acceptors (Lipinski definition) is 4. The Bertz CT molecular complexity index is 548. The summed E-state index contributed by atoms with van der Waals surface area (Å²) in [4.78, 5) is 21.3. The van der Waals surface area contributed by atoms with Gasteiger partial charge in [-0.25, -0.2) is 0 Å². The summed E-state index contributed by atoms with van der Waals surface area (Å²) in [6.45, 7) is 3.38. The van der Waals surface area contributed by atoms with E-state index in [2.05, 4.69) is 10.6 Å². The number of hydrogen-bond donors (Lipinski definition) is 2. The van der Waals surface area contributed by atoms with Crippen LogP contribution in [0.4, 0.5) is 11.4 Å². The summed E-state index contributed by atoms with van der Waals surface area (Å²) in [5, 5.41) is 16.1. The maximum absolute atomic E-state index is 11.2. The van der Waals surface area contributed by atoms with Crippen LogP contribution in [0.1, 0.15) is 18.9 Å². The van der Waals surface area contributed by atoms with Crippen molar-refractivity contribution in [2.75, 3.05) is 5.32 Å². The number of nitro benzene ring substituents is 1. The number of halogens is 1. The van der Waals surface area contributed by atoms with Crippen molar-refractivity contribution >= 4 is 46.2 Å². The highest BCUT2D eigenvalue weighted by molar-refractivity contribution is 7.80. The summed E-state index contributed by atoms with van der Waals surface area (Å²) in [5.74, 6) is -0.219. The zero-order valence-electron chi connectivity index (χ0n) is 10.3. The van der Waals surface area contributed by atoms with E-state index >= 15 is 0 Å². The van der Waals surface area contributed by atoms with E-state index in [0.717, 1.165) is 0 Å². The fourth-order valence-electron chi connectivity index (χ4n) is 1.31. The molecule has 1 aromatic carbocycles. The van der Waals surface area contributed by atoms with Gasteiger partial charge >= 0.3 is 0 Å². The lowest BCUT2D eigenvalue weighted by molar-refractivity contribution is -0.384. The third kappa shape index (κ3) is 4.15. The summed E-state index contributed by atoms with van der Waals surface area (Å²) in [6.07, 6.45) is 0.307. The molecule has 1 rings (SSSR count). The average Bonchev–Trinajstić information content (AvgIpc) is 2.32. The van der Waals surface area contributed by atoms with Gasteiger partial charge in [-0.15, -0.1) is 0 Å². The smallest absolute Gasteiger partial charge is 0.288 e. The van der Waals surface area contributed by atoms with Crippen LogP contribution in [-0.4, -0.2) is 15.9 Å². The first-order valence-corrected chi connectivity index (χ1v) is 6.19. The van der Waals surface area contributed by atoms with E-state index in [4.69, 9.17) is 23.8 Å². The molecule has 19 heavy (non-hydrogen) atoms. The molecular formula is C11H12ClN3O3S. The quantitative estimate of drug-likeness (QED) is 0.509. The largest absolute Gasteiger partial charge is 0.332 e. The fourth-order valence-corrected chi connectivity index (χ4v) is 1.77. The molecule has 102 valence electrons. The minimum Gasteiger partial charge on any atom is -0.332 e. The summed E-state index contributed by atoms with van der Waals surface area (Å²) in [6, 6.07) is 2.74. The molecule has 1 aromatic rings. The Hall–Kier alpha value is -1.73. The topological polar surface area (TPSA) is 84.3 Å². The fraction of sp³-hybridized carbons (Fsp3) is 0.273. The van der Waals surface area contributed by atoms with E-state index in [0.29, 0.717) is 17.7 Å². The van der Waals surface area contributed by atoms with E-state index in [1.165, 1.54) is 12.1 Å².